The maximum absolute atomic E-state index is 12.1. The molecule has 0 aliphatic rings. The second-order valence-corrected chi connectivity index (χ2v) is 4.63. The first-order valence-corrected chi connectivity index (χ1v) is 6.22. The van der Waals surface area contributed by atoms with E-state index in [0.717, 1.165) is 5.56 Å². The van der Waals surface area contributed by atoms with Gasteiger partial charge in [-0.25, -0.2) is 0 Å². The Balaban J connectivity index is 0.00000200. The van der Waals surface area contributed by atoms with Crippen molar-refractivity contribution in [2.75, 3.05) is 5.32 Å². The predicted octanol–water partition coefficient (Wildman–Crippen LogP) is 4.16. The number of hydrogen-bond acceptors (Lipinski definition) is 3. The Labute approximate surface area is 149 Å². The largest absolute Gasteiger partial charge is 0.324 e. The molecule has 2 aromatic rings. The zero-order chi connectivity index (χ0) is 13.8. The first kappa shape index (κ1) is 20.1. The molecular formula is C14H16Br2ClN3O. The molecule has 0 saturated carbocycles. The van der Waals surface area contributed by atoms with E-state index in [1.165, 1.54) is 0 Å². The van der Waals surface area contributed by atoms with Crippen LogP contribution in [0.2, 0.25) is 5.02 Å². The van der Waals surface area contributed by atoms with E-state index in [1.54, 1.807) is 42.7 Å². The van der Waals surface area contributed by atoms with E-state index in [4.69, 9.17) is 17.3 Å². The lowest BCUT2D eigenvalue weighted by atomic mass is 10.1. The molecule has 0 saturated heterocycles. The number of hydrogen-bond donors (Lipinski definition) is 2. The van der Waals surface area contributed by atoms with E-state index in [-0.39, 0.29) is 45.9 Å². The van der Waals surface area contributed by atoms with Crippen LogP contribution in [0.15, 0.2) is 42.7 Å². The molecule has 0 spiro atoms. The molecule has 1 aromatic carbocycles. The van der Waals surface area contributed by atoms with Crippen molar-refractivity contribution in [3.8, 4) is 0 Å². The average Bonchev–Trinajstić information content (AvgIpc) is 2.39. The molecule has 21 heavy (non-hydrogen) atoms. The van der Waals surface area contributed by atoms with Gasteiger partial charge in [-0.2, -0.15) is 0 Å². The van der Waals surface area contributed by atoms with Gasteiger partial charge < -0.3 is 11.1 Å². The summed E-state index contributed by atoms with van der Waals surface area (Å²) >= 11 is 6.11. The van der Waals surface area contributed by atoms with Crippen molar-refractivity contribution in [3.05, 3.63) is 58.9 Å². The molecule has 1 atom stereocenters. The fraction of sp³-hybridized carbons (Fsp3) is 0.143. The number of amides is 1. The molecule has 7 heteroatoms. The summed E-state index contributed by atoms with van der Waals surface area (Å²) in [4.78, 5) is 16.0. The van der Waals surface area contributed by atoms with Gasteiger partial charge in [-0.05, 0) is 36.8 Å². The summed E-state index contributed by atoms with van der Waals surface area (Å²) in [6.07, 6.45) is 3.22. The number of aromatic nitrogens is 1. The highest BCUT2D eigenvalue weighted by molar-refractivity contribution is 8.93. The Morgan fingerprint density at radius 1 is 1.24 bits per heavy atom. The Hall–Kier alpha value is -0.950. The lowest BCUT2D eigenvalue weighted by Gasteiger charge is -2.10. The molecule has 0 radical (unpaired) electrons. The Morgan fingerprint density at radius 2 is 1.86 bits per heavy atom. The van der Waals surface area contributed by atoms with Crippen LogP contribution in [-0.2, 0) is 0 Å². The fourth-order valence-corrected chi connectivity index (χ4v) is 1.91. The third kappa shape index (κ3) is 5.39. The summed E-state index contributed by atoms with van der Waals surface area (Å²) in [5, 5.41) is 3.14. The van der Waals surface area contributed by atoms with Crippen LogP contribution in [-0.4, -0.2) is 10.9 Å². The van der Waals surface area contributed by atoms with E-state index in [2.05, 4.69) is 10.3 Å². The van der Waals surface area contributed by atoms with Crippen LogP contribution in [0, 0.1) is 0 Å². The van der Waals surface area contributed by atoms with Crippen molar-refractivity contribution < 1.29 is 4.79 Å². The molecule has 2 rings (SSSR count). The van der Waals surface area contributed by atoms with Gasteiger partial charge in [0.25, 0.3) is 5.91 Å². The van der Waals surface area contributed by atoms with E-state index >= 15 is 0 Å². The summed E-state index contributed by atoms with van der Waals surface area (Å²) in [7, 11) is 0. The van der Waals surface area contributed by atoms with Crippen LogP contribution in [0.4, 0.5) is 5.69 Å². The minimum Gasteiger partial charge on any atom is -0.324 e. The third-order valence-corrected chi connectivity index (χ3v) is 3.01. The van der Waals surface area contributed by atoms with E-state index in [9.17, 15) is 4.79 Å². The number of nitrogens with two attached hydrogens (primary N) is 1. The first-order chi connectivity index (χ1) is 9.08. The minimum atomic E-state index is -0.257. The van der Waals surface area contributed by atoms with Crippen LogP contribution in [0.1, 0.15) is 28.9 Å². The molecule has 114 valence electrons. The monoisotopic (exact) mass is 435 g/mol. The predicted molar refractivity (Wildman–Crippen MR) is 96.9 cm³/mol. The normalized spacial score (nSPS) is 10.8. The number of halogens is 3. The number of rotatable bonds is 3. The number of nitrogens with zero attached hydrogens (tertiary/aromatic N) is 1. The zero-order valence-electron chi connectivity index (χ0n) is 11.2. The SMILES string of the molecule is Br.Br.C[C@@H](N)c1ccc(C(=O)Nc2ccncc2)c(Cl)c1. The number of anilines is 1. The van der Waals surface area contributed by atoms with E-state index in [0.29, 0.717) is 16.3 Å². The van der Waals surface area contributed by atoms with Gasteiger partial charge in [0.15, 0.2) is 0 Å². The molecule has 1 aromatic heterocycles. The summed E-state index contributed by atoms with van der Waals surface area (Å²) in [6, 6.07) is 8.50. The van der Waals surface area contributed by atoms with Crippen molar-refractivity contribution in [2.45, 2.75) is 13.0 Å². The van der Waals surface area contributed by atoms with Gasteiger partial charge in [-0.15, -0.1) is 34.0 Å². The topological polar surface area (TPSA) is 68.0 Å². The summed E-state index contributed by atoms with van der Waals surface area (Å²) in [6.45, 7) is 1.86. The van der Waals surface area contributed by atoms with Crippen molar-refractivity contribution >= 4 is 57.2 Å². The lowest BCUT2D eigenvalue weighted by Crippen LogP contribution is -2.13. The number of carbonyl (C=O) groups is 1. The molecule has 3 N–H and O–H groups in total. The smallest absolute Gasteiger partial charge is 0.257 e. The van der Waals surface area contributed by atoms with Gasteiger partial charge >= 0.3 is 0 Å². The van der Waals surface area contributed by atoms with Crippen molar-refractivity contribution in [1.29, 1.82) is 0 Å². The molecule has 0 fully saturated rings. The van der Waals surface area contributed by atoms with Crippen LogP contribution >= 0.6 is 45.6 Å². The summed E-state index contributed by atoms with van der Waals surface area (Å²) < 4.78 is 0. The van der Waals surface area contributed by atoms with E-state index in [1.807, 2.05) is 6.92 Å². The number of carbonyl (C=O) groups excluding carboxylic acids is 1. The number of benzene rings is 1. The Bertz CT molecular complexity index is 594. The molecule has 4 nitrogen and oxygen atoms in total. The second-order valence-electron chi connectivity index (χ2n) is 4.22. The molecule has 1 amide bonds. The van der Waals surface area contributed by atoms with Gasteiger partial charge in [-0.3, -0.25) is 9.78 Å². The highest BCUT2D eigenvalue weighted by Gasteiger charge is 2.12. The Kier molecular flexibility index (Phi) is 8.73. The molecule has 0 unspecified atom stereocenters. The van der Waals surface area contributed by atoms with Crippen LogP contribution < -0.4 is 11.1 Å². The van der Waals surface area contributed by atoms with Crippen LogP contribution in [0.5, 0.6) is 0 Å². The maximum atomic E-state index is 12.1. The first-order valence-electron chi connectivity index (χ1n) is 5.84. The standard InChI is InChI=1S/C14H14ClN3O.2BrH/c1-9(16)10-2-3-12(13(15)8-10)14(19)18-11-4-6-17-7-5-11;;/h2-9H,16H2,1H3,(H,17,18,19);2*1H/t9-;;/m1../s1. The van der Waals surface area contributed by atoms with Gasteiger partial charge in [0.2, 0.25) is 0 Å². The third-order valence-electron chi connectivity index (χ3n) is 2.70. The van der Waals surface area contributed by atoms with Crippen molar-refractivity contribution in [1.82, 2.24) is 4.98 Å². The minimum absolute atomic E-state index is 0. The molecule has 0 aliphatic carbocycles. The molecule has 0 aliphatic heterocycles. The fourth-order valence-electron chi connectivity index (χ4n) is 1.63. The number of nitrogens with one attached hydrogen (secondary N) is 1. The molecule has 0 bridgehead atoms. The Morgan fingerprint density at radius 3 is 2.38 bits per heavy atom. The molecule has 1 heterocycles. The van der Waals surface area contributed by atoms with Crippen LogP contribution in [0.25, 0.3) is 0 Å². The highest BCUT2D eigenvalue weighted by atomic mass is 79.9. The van der Waals surface area contributed by atoms with Gasteiger partial charge in [0.05, 0.1) is 10.6 Å². The van der Waals surface area contributed by atoms with Crippen LogP contribution in [0.3, 0.4) is 0 Å². The highest BCUT2D eigenvalue weighted by Crippen LogP contribution is 2.22. The summed E-state index contributed by atoms with van der Waals surface area (Å²) in [5.74, 6) is -0.257. The zero-order valence-corrected chi connectivity index (χ0v) is 15.4. The quantitative estimate of drug-likeness (QED) is 0.758. The van der Waals surface area contributed by atoms with Crippen molar-refractivity contribution in [3.63, 3.8) is 0 Å². The van der Waals surface area contributed by atoms with E-state index < -0.39 is 0 Å². The second kappa shape index (κ2) is 9.15. The van der Waals surface area contributed by atoms with Gasteiger partial charge in [0.1, 0.15) is 0 Å². The van der Waals surface area contributed by atoms with Gasteiger partial charge in [-0.1, -0.05) is 17.7 Å². The average molecular weight is 438 g/mol. The van der Waals surface area contributed by atoms with Crippen molar-refractivity contribution in [2.24, 2.45) is 5.73 Å². The maximum Gasteiger partial charge on any atom is 0.257 e. The van der Waals surface area contributed by atoms with Gasteiger partial charge in [0, 0.05) is 24.1 Å². The lowest BCUT2D eigenvalue weighted by molar-refractivity contribution is 0.102. The number of pyridine rings is 1. The summed E-state index contributed by atoms with van der Waals surface area (Å²) in [5.41, 5.74) is 7.75. The molecular weight excluding hydrogens is 421 g/mol.